The average Bonchev–Trinajstić information content (AvgIpc) is 2.48. The van der Waals surface area contributed by atoms with Gasteiger partial charge in [-0.1, -0.05) is 11.8 Å². The van der Waals surface area contributed by atoms with Crippen molar-refractivity contribution in [2.75, 3.05) is 47.0 Å². The minimum atomic E-state index is -0.243. The summed E-state index contributed by atoms with van der Waals surface area (Å²) in [6.07, 6.45) is 1.51. The molecule has 2 N–H and O–H groups in total. The van der Waals surface area contributed by atoms with Crippen LogP contribution in [0.25, 0.3) is 0 Å². The third kappa shape index (κ3) is 7.42. The van der Waals surface area contributed by atoms with E-state index >= 15 is 0 Å². The lowest BCUT2D eigenvalue weighted by Crippen LogP contribution is -2.29. The fourth-order valence-electron chi connectivity index (χ4n) is 1.42. The topological polar surface area (TPSA) is 74.7 Å². The molecule has 0 fully saturated rings. The molecule has 0 saturated carbocycles. The second kappa shape index (κ2) is 9.88. The van der Waals surface area contributed by atoms with E-state index in [0.29, 0.717) is 31.0 Å². The predicted molar refractivity (Wildman–Crippen MR) is 79.9 cm³/mol. The van der Waals surface area contributed by atoms with Crippen LogP contribution in [0.1, 0.15) is 16.1 Å². The van der Waals surface area contributed by atoms with Crippen molar-refractivity contribution in [3.8, 4) is 11.8 Å². The van der Waals surface area contributed by atoms with Crippen LogP contribution in [0.15, 0.2) is 18.3 Å². The number of hydrogen-bond acceptors (Lipinski definition) is 5. The Kier molecular flexibility index (Phi) is 8.05. The van der Waals surface area contributed by atoms with Gasteiger partial charge in [-0.2, -0.15) is 0 Å². The maximum atomic E-state index is 11.8. The van der Waals surface area contributed by atoms with E-state index in [1.807, 2.05) is 19.0 Å². The first-order chi connectivity index (χ1) is 10.1. The summed E-state index contributed by atoms with van der Waals surface area (Å²) < 4.78 is 5.38. The molecule has 1 aromatic heterocycles. The van der Waals surface area contributed by atoms with Crippen molar-refractivity contribution in [3.05, 3.63) is 29.6 Å². The van der Waals surface area contributed by atoms with E-state index in [4.69, 9.17) is 9.84 Å². The Morgan fingerprint density at radius 2 is 2.24 bits per heavy atom. The fraction of sp³-hybridized carbons (Fsp3) is 0.467. The number of carbonyl (C=O) groups is 1. The number of aromatic nitrogens is 1. The number of carbonyl (C=O) groups excluding carboxylic acids is 1. The number of aliphatic hydroxyl groups is 1. The SMILES string of the molecule is CN(C)CCOCCNC(=O)c1ccc(C#CCO)cn1. The van der Waals surface area contributed by atoms with E-state index in [-0.39, 0.29) is 12.5 Å². The third-order valence-corrected chi connectivity index (χ3v) is 2.52. The zero-order valence-corrected chi connectivity index (χ0v) is 12.4. The predicted octanol–water partition coefficient (Wildman–Crippen LogP) is -0.267. The van der Waals surface area contributed by atoms with E-state index in [1.54, 1.807) is 12.1 Å². The van der Waals surface area contributed by atoms with Gasteiger partial charge < -0.3 is 20.1 Å². The lowest BCUT2D eigenvalue weighted by Gasteiger charge is -2.10. The maximum absolute atomic E-state index is 11.8. The van der Waals surface area contributed by atoms with Crippen molar-refractivity contribution in [1.29, 1.82) is 0 Å². The Morgan fingerprint density at radius 1 is 1.43 bits per heavy atom. The zero-order chi connectivity index (χ0) is 15.5. The summed E-state index contributed by atoms with van der Waals surface area (Å²) in [5, 5.41) is 11.3. The van der Waals surface area contributed by atoms with Crippen LogP contribution < -0.4 is 5.32 Å². The standard InChI is InChI=1S/C15H21N3O3/c1-18(2)8-11-21-10-7-16-15(20)14-6-5-13(12-17-14)4-3-9-19/h5-6,12,19H,7-11H2,1-2H3,(H,16,20). The summed E-state index contributed by atoms with van der Waals surface area (Å²) in [5.74, 6) is 4.99. The van der Waals surface area contributed by atoms with Crippen LogP contribution in [0.5, 0.6) is 0 Å². The molecule has 0 aromatic carbocycles. The summed E-state index contributed by atoms with van der Waals surface area (Å²) in [4.78, 5) is 17.9. The highest BCUT2D eigenvalue weighted by Gasteiger charge is 2.05. The Morgan fingerprint density at radius 3 is 2.86 bits per heavy atom. The van der Waals surface area contributed by atoms with E-state index < -0.39 is 0 Å². The van der Waals surface area contributed by atoms with Crippen LogP contribution >= 0.6 is 0 Å². The van der Waals surface area contributed by atoms with Crippen LogP contribution in [0, 0.1) is 11.8 Å². The molecule has 0 saturated heterocycles. The molecule has 114 valence electrons. The summed E-state index contributed by atoms with van der Waals surface area (Å²) in [6, 6.07) is 3.29. The molecule has 6 heteroatoms. The van der Waals surface area contributed by atoms with E-state index in [0.717, 1.165) is 6.54 Å². The molecule has 1 rings (SSSR count). The van der Waals surface area contributed by atoms with Gasteiger partial charge in [0.2, 0.25) is 0 Å². The van der Waals surface area contributed by atoms with Gasteiger partial charge in [-0.25, -0.2) is 4.98 Å². The summed E-state index contributed by atoms with van der Waals surface area (Å²) in [7, 11) is 3.96. The summed E-state index contributed by atoms with van der Waals surface area (Å²) >= 11 is 0. The van der Waals surface area contributed by atoms with E-state index in [1.165, 1.54) is 6.20 Å². The van der Waals surface area contributed by atoms with Gasteiger partial charge in [0.25, 0.3) is 5.91 Å². The molecule has 0 aliphatic rings. The Bertz CT molecular complexity index is 489. The number of rotatable bonds is 7. The largest absolute Gasteiger partial charge is 0.384 e. The molecule has 0 radical (unpaired) electrons. The summed E-state index contributed by atoms with van der Waals surface area (Å²) in [6.45, 7) is 2.21. The van der Waals surface area contributed by atoms with Crippen LogP contribution in [-0.4, -0.2) is 67.9 Å². The summed E-state index contributed by atoms with van der Waals surface area (Å²) in [5.41, 5.74) is 0.991. The quantitative estimate of drug-likeness (QED) is 0.534. The van der Waals surface area contributed by atoms with Crippen LogP contribution in [0.3, 0.4) is 0 Å². The number of nitrogens with one attached hydrogen (secondary N) is 1. The Balaban J connectivity index is 2.29. The Labute approximate surface area is 125 Å². The lowest BCUT2D eigenvalue weighted by molar-refractivity contribution is 0.0896. The molecule has 0 spiro atoms. The van der Waals surface area contributed by atoms with Gasteiger partial charge >= 0.3 is 0 Å². The van der Waals surface area contributed by atoms with Gasteiger partial charge in [0.1, 0.15) is 12.3 Å². The molecule has 1 amide bonds. The highest BCUT2D eigenvalue weighted by atomic mass is 16.5. The average molecular weight is 291 g/mol. The molecular weight excluding hydrogens is 270 g/mol. The van der Waals surface area contributed by atoms with E-state index in [2.05, 4.69) is 22.1 Å². The van der Waals surface area contributed by atoms with Gasteiger partial charge in [0.15, 0.2) is 0 Å². The third-order valence-electron chi connectivity index (χ3n) is 2.52. The first-order valence-corrected chi connectivity index (χ1v) is 6.70. The first kappa shape index (κ1) is 17.1. The molecular formula is C15H21N3O3. The molecule has 0 unspecified atom stereocenters. The number of aliphatic hydroxyl groups excluding tert-OH is 1. The van der Waals surface area contributed by atoms with Crippen molar-refractivity contribution < 1.29 is 14.6 Å². The number of ether oxygens (including phenoxy) is 1. The lowest BCUT2D eigenvalue weighted by atomic mass is 10.2. The van der Waals surface area contributed by atoms with Gasteiger partial charge in [0, 0.05) is 24.8 Å². The first-order valence-electron chi connectivity index (χ1n) is 6.70. The zero-order valence-electron chi connectivity index (χ0n) is 12.4. The second-order valence-electron chi connectivity index (χ2n) is 4.56. The molecule has 6 nitrogen and oxygen atoms in total. The molecule has 1 heterocycles. The Hall–Kier alpha value is -1.94. The number of amides is 1. The smallest absolute Gasteiger partial charge is 0.269 e. The van der Waals surface area contributed by atoms with Crippen LogP contribution in [-0.2, 0) is 4.74 Å². The van der Waals surface area contributed by atoms with Gasteiger partial charge in [-0.3, -0.25) is 4.79 Å². The van der Waals surface area contributed by atoms with Crippen molar-refractivity contribution in [1.82, 2.24) is 15.2 Å². The number of likely N-dealkylation sites (N-methyl/N-ethyl adjacent to an activating group) is 1. The number of hydrogen-bond donors (Lipinski definition) is 2. The van der Waals surface area contributed by atoms with Crippen molar-refractivity contribution in [2.45, 2.75) is 0 Å². The molecule has 0 aliphatic carbocycles. The molecule has 21 heavy (non-hydrogen) atoms. The number of pyridine rings is 1. The van der Waals surface area contributed by atoms with Crippen molar-refractivity contribution >= 4 is 5.91 Å². The van der Waals surface area contributed by atoms with E-state index in [9.17, 15) is 4.79 Å². The monoisotopic (exact) mass is 291 g/mol. The minimum absolute atomic E-state index is 0.198. The second-order valence-corrected chi connectivity index (χ2v) is 4.56. The van der Waals surface area contributed by atoms with Crippen molar-refractivity contribution in [2.24, 2.45) is 0 Å². The van der Waals surface area contributed by atoms with Crippen LogP contribution in [0.2, 0.25) is 0 Å². The van der Waals surface area contributed by atoms with Crippen molar-refractivity contribution in [3.63, 3.8) is 0 Å². The maximum Gasteiger partial charge on any atom is 0.269 e. The normalized spacial score (nSPS) is 10.1. The van der Waals surface area contributed by atoms with Gasteiger partial charge in [-0.05, 0) is 26.2 Å². The fourth-order valence-corrected chi connectivity index (χ4v) is 1.42. The highest BCUT2D eigenvalue weighted by Crippen LogP contribution is 1.98. The highest BCUT2D eigenvalue weighted by molar-refractivity contribution is 5.92. The minimum Gasteiger partial charge on any atom is -0.384 e. The molecule has 1 aromatic rings. The molecule has 0 aliphatic heterocycles. The molecule has 0 bridgehead atoms. The molecule has 0 atom stereocenters. The number of nitrogens with zero attached hydrogens (tertiary/aromatic N) is 2. The van der Waals surface area contributed by atoms with Gasteiger partial charge in [-0.15, -0.1) is 0 Å². The van der Waals surface area contributed by atoms with Crippen LogP contribution in [0.4, 0.5) is 0 Å². The van der Waals surface area contributed by atoms with Gasteiger partial charge in [0.05, 0.1) is 13.2 Å².